The number of hydrogen-bond donors (Lipinski definition) is 2. The minimum Gasteiger partial charge on any atom is -0.295 e. The van der Waals surface area contributed by atoms with Gasteiger partial charge in [-0.2, -0.15) is 0 Å². The Bertz CT molecular complexity index is 688. The summed E-state index contributed by atoms with van der Waals surface area (Å²) in [6.45, 7) is 2.37. The van der Waals surface area contributed by atoms with Crippen molar-refractivity contribution in [1.82, 2.24) is 20.6 Å². The van der Waals surface area contributed by atoms with Crippen molar-refractivity contribution in [2.24, 2.45) is 0 Å². The molecule has 3 rings (SSSR count). The van der Waals surface area contributed by atoms with Gasteiger partial charge in [0.1, 0.15) is 0 Å². The number of aromatic nitrogens is 2. The molecule has 20 heavy (non-hydrogen) atoms. The quantitative estimate of drug-likeness (QED) is 0.609. The number of fused-ring (bicyclic) bond motifs is 1. The second-order valence-electron chi connectivity index (χ2n) is 4.97. The van der Waals surface area contributed by atoms with Crippen LogP contribution in [0, 0.1) is 0 Å². The summed E-state index contributed by atoms with van der Waals surface area (Å²) < 4.78 is 0. The molecule has 6 nitrogen and oxygen atoms in total. The molecule has 2 aromatic rings. The van der Waals surface area contributed by atoms with Gasteiger partial charge in [0.05, 0.1) is 22.6 Å². The van der Waals surface area contributed by atoms with E-state index in [-0.39, 0.29) is 0 Å². The molecule has 1 aromatic heterocycles. The Balaban J connectivity index is 2.08. The van der Waals surface area contributed by atoms with Gasteiger partial charge in [-0.1, -0.05) is 6.07 Å². The van der Waals surface area contributed by atoms with Gasteiger partial charge in [0.15, 0.2) is 6.29 Å². The molecule has 0 spiro atoms. The van der Waals surface area contributed by atoms with Gasteiger partial charge < -0.3 is 0 Å². The fourth-order valence-corrected chi connectivity index (χ4v) is 2.65. The molecular formula is C14H14N4O2. The monoisotopic (exact) mass is 270 g/mol. The van der Waals surface area contributed by atoms with Crippen LogP contribution in [0.25, 0.3) is 11.0 Å². The predicted molar refractivity (Wildman–Crippen MR) is 72.9 cm³/mol. The maximum absolute atomic E-state index is 11.8. The lowest BCUT2D eigenvalue weighted by molar-refractivity contribution is -0.131. The minimum atomic E-state index is -0.635. The van der Waals surface area contributed by atoms with E-state index in [1.807, 2.05) is 25.1 Å². The van der Waals surface area contributed by atoms with Gasteiger partial charge in [0.2, 0.25) is 5.78 Å². The van der Waals surface area contributed by atoms with Gasteiger partial charge in [-0.15, -0.1) is 0 Å². The second kappa shape index (κ2) is 4.73. The molecule has 2 unspecified atom stereocenters. The molecule has 1 aliphatic rings. The van der Waals surface area contributed by atoms with E-state index in [9.17, 15) is 9.59 Å². The molecule has 1 aliphatic heterocycles. The van der Waals surface area contributed by atoms with Gasteiger partial charge in [0.25, 0.3) is 0 Å². The van der Waals surface area contributed by atoms with Crippen molar-refractivity contribution in [2.75, 3.05) is 6.67 Å². The Morgan fingerprint density at radius 2 is 2.10 bits per heavy atom. The van der Waals surface area contributed by atoms with E-state index in [2.05, 4.69) is 20.6 Å². The number of nitrogens with one attached hydrogen (secondary N) is 2. The van der Waals surface area contributed by atoms with Crippen molar-refractivity contribution < 1.29 is 9.59 Å². The zero-order valence-corrected chi connectivity index (χ0v) is 11.0. The molecule has 1 fully saturated rings. The molecule has 1 aromatic carbocycles. The summed E-state index contributed by atoms with van der Waals surface area (Å²) >= 11 is 0. The number of rotatable bonds is 3. The van der Waals surface area contributed by atoms with E-state index in [4.69, 9.17) is 0 Å². The first kappa shape index (κ1) is 12.8. The van der Waals surface area contributed by atoms with Crippen LogP contribution in [-0.2, 0) is 15.1 Å². The van der Waals surface area contributed by atoms with E-state index in [1.54, 1.807) is 12.4 Å². The van der Waals surface area contributed by atoms with Crippen LogP contribution in [0.15, 0.2) is 30.6 Å². The van der Waals surface area contributed by atoms with Gasteiger partial charge >= 0.3 is 0 Å². The number of carbonyl (C=O) groups is 2. The van der Waals surface area contributed by atoms with Crippen LogP contribution in [0.2, 0.25) is 0 Å². The van der Waals surface area contributed by atoms with Crippen LogP contribution < -0.4 is 10.6 Å². The highest BCUT2D eigenvalue weighted by Gasteiger charge is 2.43. The van der Waals surface area contributed by atoms with Gasteiger partial charge in [0, 0.05) is 19.1 Å². The third-order valence-corrected chi connectivity index (χ3v) is 3.81. The summed E-state index contributed by atoms with van der Waals surface area (Å²) in [4.78, 5) is 31.0. The molecule has 102 valence electrons. The van der Waals surface area contributed by atoms with Crippen LogP contribution in [0.3, 0.4) is 0 Å². The third kappa shape index (κ3) is 1.90. The highest BCUT2D eigenvalue weighted by molar-refractivity contribution is 6.28. The molecule has 0 amide bonds. The van der Waals surface area contributed by atoms with Crippen molar-refractivity contribution in [2.45, 2.75) is 18.5 Å². The van der Waals surface area contributed by atoms with Gasteiger partial charge in [-0.25, -0.2) is 0 Å². The van der Waals surface area contributed by atoms with Crippen LogP contribution in [-0.4, -0.2) is 34.7 Å². The van der Waals surface area contributed by atoms with E-state index < -0.39 is 17.4 Å². The van der Waals surface area contributed by atoms with E-state index in [0.29, 0.717) is 13.0 Å². The van der Waals surface area contributed by atoms with E-state index in [0.717, 1.165) is 16.6 Å². The standard InChI is InChI=1S/C14H14N4O2/c1-14(13(12(20)7-19)17-8-18-14)9-2-3-10-11(6-9)16-5-4-15-10/h2-7,13,17-18H,8H2,1H3. The highest BCUT2D eigenvalue weighted by Crippen LogP contribution is 2.29. The Morgan fingerprint density at radius 3 is 2.85 bits per heavy atom. The first-order valence-corrected chi connectivity index (χ1v) is 6.34. The lowest BCUT2D eigenvalue weighted by atomic mass is 9.84. The topological polar surface area (TPSA) is 84.0 Å². The number of aldehydes is 1. The molecule has 0 radical (unpaired) electrons. The van der Waals surface area contributed by atoms with Crippen molar-refractivity contribution in [3.8, 4) is 0 Å². The minimum absolute atomic E-state index is 0.365. The van der Waals surface area contributed by atoms with Crippen molar-refractivity contribution >= 4 is 23.1 Å². The summed E-state index contributed by atoms with van der Waals surface area (Å²) in [6, 6.07) is 5.09. The molecule has 0 bridgehead atoms. The number of carbonyl (C=O) groups excluding carboxylic acids is 2. The lowest BCUT2D eigenvalue weighted by Crippen LogP contribution is -2.48. The molecule has 0 aliphatic carbocycles. The number of ketones is 1. The van der Waals surface area contributed by atoms with Crippen LogP contribution >= 0.6 is 0 Å². The summed E-state index contributed by atoms with van der Waals surface area (Å²) in [5, 5.41) is 6.26. The molecule has 0 saturated carbocycles. The number of benzene rings is 1. The molecule has 2 atom stereocenters. The molecule has 1 saturated heterocycles. The molecule has 2 heterocycles. The number of Topliss-reactive ketones (excluding diaryl/α,β-unsaturated/α-hetero) is 1. The lowest BCUT2D eigenvalue weighted by Gasteiger charge is -2.29. The Kier molecular flexibility index (Phi) is 3.04. The third-order valence-electron chi connectivity index (χ3n) is 3.81. The van der Waals surface area contributed by atoms with Crippen LogP contribution in [0.4, 0.5) is 0 Å². The zero-order valence-electron chi connectivity index (χ0n) is 11.0. The van der Waals surface area contributed by atoms with Crippen LogP contribution in [0.5, 0.6) is 0 Å². The first-order valence-electron chi connectivity index (χ1n) is 6.34. The average Bonchev–Trinajstić information content (AvgIpc) is 2.89. The highest BCUT2D eigenvalue weighted by atomic mass is 16.2. The normalized spacial score (nSPS) is 25.8. The Morgan fingerprint density at radius 1 is 1.35 bits per heavy atom. The second-order valence-corrected chi connectivity index (χ2v) is 4.97. The molecular weight excluding hydrogens is 256 g/mol. The van der Waals surface area contributed by atoms with E-state index in [1.165, 1.54) is 0 Å². The molecule has 2 N–H and O–H groups in total. The predicted octanol–water partition coefficient (Wildman–Crippen LogP) is 0.132. The summed E-state index contributed by atoms with van der Waals surface area (Å²) in [5.41, 5.74) is 1.82. The number of hydrogen-bond acceptors (Lipinski definition) is 6. The Labute approximate surface area is 115 Å². The fraction of sp³-hybridized carbons (Fsp3) is 0.286. The summed E-state index contributed by atoms with van der Waals surface area (Å²) in [7, 11) is 0. The fourth-order valence-electron chi connectivity index (χ4n) is 2.65. The van der Waals surface area contributed by atoms with Gasteiger partial charge in [-0.05, 0) is 24.6 Å². The van der Waals surface area contributed by atoms with Crippen molar-refractivity contribution in [3.63, 3.8) is 0 Å². The maximum Gasteiger partial charge on any atom is 0.214 e. The SMILES string of the molecule is CC1(c2ccc3nccnc3c2)NCNC1C(=O)C=O. The first-order chi connectivity index (χ1) is 9.65. The zero-order chi connectivity index (χ0) is 14.2. The average molecular weight is 270 g/mol. The number of nitrogens with zero attached hydrogens (tertiary/aromatic N) is 2. The van der Waals surface area contributed by atoms with Crippen LogP contribution in [0.1, 0.15) is 12.5 Å². The molecule has 6 heteroatoms. The maximum atomic E-state index is 11.8. The largest absolute Gasteiger partial charge is 0.295 e. The van der Waals surface area contributed by atoms with Gasteiger partial charge in [-0.3, -0.25) is 30.2 Å². The van der Waals surface area contributed by atoms with Crippen molar-refractivity contribution in [3.05, 3.63) is 36.2 Å². The Hall–Kier alpha value is -2.18. The smallest absolute Gasteiger partial charge is 0.214 e. The van der Waals surface area contributed by atoms with Crippen molar-refractivity contribution in [1.29, 1.82) is 0 Å². The van der Waals surface area contributed by atoms with E-state index >= 15 is 0 Å². The summed E-state index contributed by atoms with van der Waals surface area (Å²) in [6.07, 6.45) is 3.63. The summed E-state index contributed by atoms with van der Waals surface area (Å²) in [5.74, 6) is -0.461.